The predicted octanol–water partition coefficient (Wildman–Crippen LogP) is 1.60. The van der Waals surface area contributed by atoms with E-state index in [1.807, 2.05) is 19.1 Å². The number of rotatable bonds is 2. The zero-order valence-electron chi connectivity index (χ0n) is 9.66. The van der Waals surface area contributed by atoms with Gasteiger partial charge in [-0.2, -0.15) is 0 Å². The molecule has 4 heteroatoms. The molecule has 17 heavy (non-hydrogen) atoms. The lowest BCUT2D eigenvalue weighted by atomic mass is 10.1. The van der Waals surface area contributed by atoms with Gasteiger partial charge in [0.25, 0.3) is 5.91 Å². The van der Waals surface area contributed by atoms with Crippen LogP contribution in [0.15, 0.2) is 18.2 Å². The third-order valence-electron chi connectivity index (χ3n) is 3.82. The maximum atomic E-state index is 12.0. The minimum absolute atomic E-state index is 0.00806. The summed E-state index contributed by atoms with van der Waals surface area (Å²) in [5, 5.41) is 7.04. The molecule has 1 saturated carbocycles. The summed E-state index contributed by atoms with van der Waals surface area (Å²) in [6.07, 6.45) is 0. The van der Waals surface area contributed by atoms with Gasteiger partial charge < -0.3 is 10.6 Å². The SMILES string of the molecule is Cc1ccc(C(=O)NC2C3CNCC32)cc1Cl. The first-order valence-electron chi connectivity index (χ1n) is 5.94. The zero-order chi connectivity index (χ0) is 12.0. The summed E-state index contributed by atoms with van der Waals surface area (Å²) in [7, 11) is 0. The van der Waals surface area contributed by atoms with E-state index in [1.54, 1.807) is 6.07 Å². The van der Waals surface area contributed by atoms with E-state index < -0.39 is 0 Å². The van der Waals surface area contributed by atoms with Crippen LogP contribution in [0.4, 0.5) is 0 Å². The van der Waals surface area contributed by atoms with E-state index in [0.29, 0.717) is 28.5 Å². The molecule has 0 aromatic heterocycles. The lowest BCUT2D eigenvalue weighted by Crippen LogP contribution is -2.32. The molecule has 1 amide bonds. The summed E-state index contributed by atoms with van der Waals surface area (Å²) in [5.74, 6) is 1.27. The Balaban J connectivity index is 1.68. The van der Waals surface area contributed by atoms with Crippen LogP contribution in [0.25, 0.3) is 0 Å². The Bertz CT molecular complexity index is 464. The van der Waals surface area contributed by atoms with Gasteiger partial charge in [-0.05, 0) is 36.5 Å². The summed E-state index contributed by atoms with van der Waals surface area (Å²) in [6.45, 7) is 4.00. The minimum atomic E-state index is -0.00806. The standard InChI is InChI=1S/C13H15ClN2O/c1-7-2-3-8(4-11(7)14)13(17)16-12-9-5-15-6-10(9)12/h2-4,9-10,12,15H,5-6H2,1H3,(H,16,17). The van der Waals surface area contributed by atoms with Gasteiger partial charge in [-0.1, -0.05) is 17.7 Å². The van der Waals surface area contributed by atoms with E-state index in [9.17, 15) is 4.79 Å². The van der Waals surface area contributed by atoms with Crippen LogP contribution in [0.5, 0.6) is 0 Å². The summed E-state index contributed by atoms with van der Waals surface area (Å²) in [5.41, 5.74) is 1.65. The number of amides is 1. The Labute approximate surface area is 106 Å². The Kier molecular flexibility index (Phi) is 2.60. The largest absolute Gasteiger partial charge is 0.349 e. The van der Waals surface area contributed by atoms with Crippen molar-refractivity contribution in [2.24, 2.45) is 11.8 Å². The molecule has 2 aliphatic rings. The molecule has 0 radical (unpaired) electrons. The molecule has 2 N–H and O–H groups in total. The van der Waals surface area contributed by atoms with Crippen molar-refractivity contribution in [1.29, 1.82) is 0 Å². The van der Waals surface area contributed by atoms with Crippen LogP contribution < -0.4 is 10.6 Å². The fraction of sp³-hybridized carbons (Fsp3) is 0.462. The number of nitrogens with one attached hydrogen (secondary N) is 2. The van der Waals surface area contributed by atoms with E-state index in [-0.39, 0.29) is 5.91 Å². The van der Waals surface area contributed by atoms with Crippen molar-refractivity contribution in [1.82, 2.24) is 10.6 Å². The second-order valence-electron chi connectivity index (χ2n) is 4.95. The quantitative estimate of drug-likeness (QED) is 0.837. The zero-order valence-corrected chi connectivity index (χ0v) is 10.4. The molecule has 1 aromatic rings. The van der Waals surface area contributed by atoms with E-state index >= 15 is 0 Å². The first-order valence-corrected chi connectivity index (χ1v) is 6.32. The maximum Gasteiger partial charge on any atom is 0.251 e. The topological polar surface area (TPSA) is 41.1 Å². The Morgan fingerprint density at radius 2 is 2.12 bits per heavy atom. The molecule has 2 unspecified atom stereocenters. The van der Waals surface area contributed by atoms with Gasteiger partial charge in [-0.15, -0.1) is 0 Å². The van der Waals surface area contributed by atoms with Crippen LogP contribution in [-0.4, -0.2) is 25.0 Å². The molecule has 3 nitrogen and oxygen atoms in total. The normalized spacial score (nSPS) is 29.9. The van der Waals surface area contributed by atoms with Gasteiger partial charge in [0.15, 0.2) is 0 Å². The molecule has 2 fully saturated rings. The number of fused-ring (bicyclic) bond motifs is 1. The van der Waals surface area contributed by atoms with Crippen molar-refractivity contribution in [2.45, 2.75) is 13.0 Å². The van der Waals surface area contributed by atoms with Crippen LogP contribution in [0, 0.1) is 18.8 Å². The van der Waals surface area contributed by atoms with Gasteiger partial charge in [-0.3, -0.25) is 4.79 Å². The van der Waals surface area contributed by atoms with Crippen LogP contribution in [0.1, 0.15) is 15.9 Å². The minimum Gasteiger partial charge on any atom is -0.349 e. The second kappa shape index (κ2) is 4.00. The number of aryl methyl sites for hydroxylation is 1. The Morgan fingerprint density at radius 1 is 1.41 bits per heavy atom. The lowest BCUT2D eigenvalue weighted by molar-refractivity contribution is 0.0946. The first-order chi connectivity index (χ1) is 8.16. The number of piperidine rings is 1. The van der Waals surface area contributed by atoms with Crippen LogP contribution in [-0.2, 0) is 0 Å². The second-order valence-corrected chi connectivity index (χ2v) is 5.36. The highest BCUT2D eigenvalue weighted by atomic mass is 35.5. The summed E-state index contributed by atoms with van der Waals surface area (Å²) in [6, 6.07) is 5.81. The van der Waals surface area contributed by atoms with Crippen molar-refractivity contribution in [2.75, 3.05) is 13.1 Å². The number of carbonyl (C=O) groups excluding carboxylic acids is 1. The highest BCUT2D eigenvalue weighted by Crippen LogP contribution is 2.41. The summed E-state index contributed by atoms with van der Waals surface area (Å²) in [4.78, 5) is 12.0. The summed E-state index contributed by atoms with van der Waals surface area (Å²) >= 11 is 6.02. The van der Waals surface area contributed by atoms with Crippen LogP contribution >= 0.6 is 11.6 Å². The van der Waals surface area contributed by atoms with Crippen molar-refractivity contribution >= 4 is 17.5 Å². The maximum absolute atomic E-state index is 12.0. The molecule has 90 valence electrons. The highest BCUT2D eigenvalue weighted by molar-refractivity contribution is 6.31. The molecule has 1 heterocycles. The van der Waals surface area contributed by atoms with Gasteiger partial charge in [0.05, 0.1) is 0 Å². The third-order valence-corrected chi connectivity index (χ3v) is 4.23. The average molecular weight is 251 g/mol. The molecule has 0 spiro atoms. The lowest BCUT2D eigenvalue weighted by Gasteiger charge is -2.08. The Morgan fingerprint density at radius 3 is 2.76 bits per heavy atom. The first kappa shape index (κ1) is 11.1. The van der Waals surface area contributed by atoms with Crippen molar-refractivity contribution < 1.29 is 4.79 Å². The summed E-state index contributed by atoms with van der Waals surface area (Å²) < 4.78 is 0. The predicted molar refractivity (Wildman–Crippen MR) is 67.3 cm³/mol. The van der Waals surface area contributed by atoms with E-state index in [4.69, 9.17) is 11.6 Å². The van der Waals surface area contributed by atoms with Crippen molar-refractivity contribution in [3.63, 3.8) is 0 Å². The number of carbonyl (C=O) groups is 1. The smallest absolute Gasteiger partial charge is 0.251 e. The molecule has 1 aliphatic carbocycles. The molecule has 2 atom stereocenters. The van der Waals surface area contributed by atoms with Gasteiger partial charge >= 0.3 is 0 Å². The molecule has 1 saturated heterocycles. The fourth-order valence-corrected chi connectivity index (χ4v) is 2.78. The van der Waals surface area contributed by atoms with E-state index in [2.05, 4.69) is 10.6 Å². The van der Waals surface area contributed by atoms with Crippen LogP contribution in [0.2, 0.25) is 5.02 Å². The number of hydrogen-bond donors (Lipinski definition) is 2. The molecular weight excluding hydrogens is 236 g/mol. The fourth-order valence-electron chi connectivity index (χ4n) is 2.60. The molecule has 1 aliphatic heterocycles. The van der Waals surface area contributed by atoms with Gasteiger partial charge in [0.2, 0.25) is 0 Å². The van der Waals surface area contributed by atoms with Gasteiger partial charge in [0, 0.05) is 29.7 Å². The molecule has 0 bridgehead atoms. The number of halogens is 1. The van der Waals surface area contributed by atoms with Gasteiger partial charge in [0.1, 0.15) is 0 Å². The number of benzene rings is 1. The van der Waals surface area contributed by atoms with Crippen molar-refractivity contribution in [3.05, 3.63) is 34.3 Å². The average Bonchev–Trinajstić information content (AvgIpc) is 2.76. The van der Waals surface area contributed by atoms with Crippen molar-refractivity contribution in [3.8, 4) is 0 Å². The third kappa shape index (κ3) is 1.94. The monoisotopic (exact) mass is 250 g/mol. The molecular formula is C13H15ClN2O. The molecule has 1 aromatic carbocycles. The highest BCUT2D eigenvalue weighted by Gasteiger charge is 2.53. The van der Waals surface area contributed by atoms with E-state index in [1.165, 1.54) is 0 Å². The molecule has 3 rings (SSSR count). The number of hydrogen-bond acceptors (Lipinski definition) is 2. The Hall–Kier alpha value is -1.06. The van der Waals surface area contributed by atoms with Gasteiger partial charge in [-0.25, -0.2) is 0 Å². The van der Waals surface area contributed by atoms with E-state index in [0.717, 1.165) is 18.7 Å². The van der Waals surface area contributed by atoms with Crippen LogP contribution in [0.3, 0.4) is 0 Å².